The minimum absolute atomic E-state index is 0.167. The van der Waals surface area contributed by atoms with Crippen LogP contribution >= 0.6 is 0 Å². The Morgan fingerprint density at radius 2 is 1.82 bits per heavy atom. The highest BCUT2D eigenvalue weighted by molar-refractivity contribution is 5.70. The summed E-state index contributed by atoms with van der Waals surface area (Å²) >= 11 is 0. The minimum atomic E-state index is -1.22. The van der Waals surface area contributed by atoms with Crippen molar-refractivity contribution in [2.24, 2.45) is 0 Å². The first-order chi connectivity index (χ1) is 4.76. The first-order valence-electron chi connectivity index (χ1n) is 3.47. The fourth-order valence-electron chi connectivity index (χ4n) is 1.16. The summed E-state index contributed by atoms with van der Waals surface area (Å²) in [5, 5.41) is 19.6. The van der Waals surface area contributed by atoms with Crippen LogP contribution in [0.1, 0.15) is 6.92 Å². The van der Waals surface area contributed by atoms with E-state index in [1.54, 1.807) is 21.1 Å². The number of hydrogen-bond acceptors (Lipinski definition) is 3. The fourth-order valence-corrected chi connectivity index (χ4v) is 1.16. The van der Waals surface area contributed by atoms with Crippen LogP contribution in [0.3, 0.4) is 0 Å². The van der Waals surface area contributed by atoms with E-state index < -0.39 is 18.1 Å². The van der Waals surface area contributed by atoms with Gasteiger partial charge in [-0.15, -0.1) is 0 Å². The average Bonchev–Trinajstić information content (AvgIpc) is 1.54. The van der Waals surface area contributed by atoms with Crippen LogP contribution in [0.4, 0.5) is 0 Å². The van der Waals surface area contributed by atoms with Crippen LogP contribution in [0.2, 0.25) is 0 Å². The molecule has 4 heteroatoms. The molecule has 0 saturated carbocycles. The molecule has 0 radical (unpaired) electrons. The first kappa shape index (κ1) is 10.4. The molecule has 0 bridgehead atoms. The Balaban J connectivity index is 4.49. The molecule has 0 heterocycles. The highest BCUT2D eigenvalue weighted by Gasteiger charge is 2.29. The molecular formula is C7H15NO3. The summed E-state index contributed by atoms with van der Waals surface area (Å²) in [5.41, 5.74) is 0. The van der Waals surface area contributed by atoms with Crippen LogP contribution in [0.15, 0.2) is 0 Å². The summed E-state index contributed by atoms with van der Waals surface area (Å²) in [7, 11) is 5.10. The predicted octanol–water partition coefficient (Wildman–Crippen LogP) is -1.81. The lowest BCUT2D eigenvalue weighted by Crippen LogP contribution is -2.59. The van der Waals surface area contributed by atoms with Gasteiger partial charge in [-0.3, -0.25) is 0 Å². The smallest absolute Gasteiger partial charge is 0.154 e. The van der Waals surface area contributed by atoms with E-state index in [2.05, 4.69) is 0 Å². The van der Waals surface area contributed by atoms with Gasteiger partial charge in [0.25, 0.3) is 0 Å². The van der Waals surface area contributed by atoms with Crippen LogP contribution in [0.25, 0.3) is 0 Å². The van der Waals surface area contributed by atoms with E-state index in [0.717, 1.165) is 0 Å². The molecule has 0 saturated heterocycles. The van der Waals surface area contributed by atoms with E-state index in [-0.39, 0.29) is 4.48 Å². The number of carboxylic acid groups (broad SMARTS) is 1. The van der Waals surface area contributed by atoms with E-state index >= 15 is 0 Å². The number of nitrogens with zero attached hydrogens (tertiary/aromatic N) is 1. The maximum absolute atomic E-state index is 10.5. The Kier molecular flexibility index (Phi) is 3.02. The Morgan fingerprint density at radius 1 is 1.45 bits per heavy atom. The molecular weight excluding hydrogens is 146 g/mol. The molecule has 0 aromatic heterocycles. The third kappa shape index (κ3) is 2.86. The summed E-state index contributed by atoms with van der Waals surface area (Å²) in [6.45, 7) is 1.45. The molecule has 0 aliphatic rings. The fraction of sp³-hybridized carbons (Fsp3) is 0.857. The van der Waals surface area contributed by atoms with E-state index in [9.17, 15) is 9.90 Å². The second kappa shape index (κ2) is 3.19. The topological polar surface area (TPSA) is 60.4 Å². The second-order valence-electron chi connectivity index (χ2n) is 3.62. The van der Waals surface area contributed by atoms with Crippen molar-refractivity contribution >= 4 is 5.97 Å². The number of hydrogen-bond donors (Lipinski definition) is 1. The maximum Gasteiger partial charge on any atom is 0.154 e. The van der Waals surface area contributed by atoms with E-state index in [1.165, 1.54) is 6.92 Å². The van der Waals surface area contributed by atoms with Crippen LogP contribution < -0.4 is 5.11 Å². The maximum atomic E-state index is 10.5. The molecule has 0 amide bonds. The van der Waals surface area contributed by atoms with Crippen molar-refractivity contribution < 1.29 is 19.5 Å². The molecule has 4 nitrogen and oxygen atoms in total. The summed E-state index contributed by atoms with van der Waals surface area (Å²) in [4.78, 5) is 10.5. The van der Waals surface area contributed by atoms with Gasteiger partial charge in [-0.25, -0.2) is 0 Å². The van der Waals surface area contributed by atoms with Gasteiger partial charge < -0.3 is 19.5 Å². The monoisotopic (exact) mass is 161 g/mol. The van der Waals surface area contributed by atoms with Crippen molar-refractivity contribution in [2.75, 3.05) is 21.1 Å². The van der Waals surface area contributed by atoms with E-state index in [0.29, 0.717) is 0 Å². The number of aliphatic hydroxyl groups is 1. The Morgan fingerprint density at radius 3 is 1.82 bits per heavy atom. The lowest BCUT2D eigenvalue weighted by Gasteiger charge is -2.36. The summed E-state index contributed by atoms with van der Waals surface area (Å²) in [6.07, 6.45) is -0.889. The van der Waals surface area contributed by atoms with Crippen LogP contribution in [0, 0.1) is 0 Å². The third-order valence-corrected chi connectivity index (χ3v) is 1.53. The van der Waals surface area contributed by atoms with Crippen LogP contribution in [-0.2, 0) is 4.79 Å². The molecule has 0 aromatic carbocycles. The largest absolute Gasteiger partial charge is 0.544 e. The Bertz CT molecular complexity index is 148. The van der Waals surface area contributed by atoms with Crippen molar-refractivity contribution in [3.8, 4) is 0 Å². The van der Waals surface area contributed by atoms with Crippen molar-refractivity contribution in [3.63, 3.8) is 0 Å². The highest BCUT2D eigenvalue weighted by atomic mass is 16.4. The zero-order chi connectivity index (χ0) is 9.23. The van der Waals surface area contributed by atoms with Gasteiger partial charge in [-0.2, -0.15) is 0 Å². The molecule has 0 aromatic rings. The van der Waals surface area contributed by atoms with Crippen LogP contribution in [0.5, 0.6) is 0 Å². The molecule has 66 valence electrons. The highest BCUT2D eigenvalue weighted by Crippen LogP contribution is 2.06. The van der Waals surface area contributed by atoms with Crippen molar-refractivity contribution in [3.05, 3.63) is 0 Å². The molecule has 0 rings (SSSR count). The van der Waals surface area contributed by atoms with Gasteiger partial charge in [0.2, 0.25) is 0 Å². The minimum Gasteiger partial charge on any atom is -0.544 e. The van der Waals surface area contributed by atoms with Crippen LogP contribution in [-0.4, -0.2) is 48.8 Å². The first-order valence-corrected chi connectivity index (χ1v) is 3.47. The van der Waals surface area contributed by atoms with E-state index in [4.69, 9.17) is 5.11 Å². The number of aliphatic carboxylic acids is 1. The number of likely N-dealkylation sites (N-methyl/N-ethyl adjacent to an activating group) is 1. The lowest BCUT2D eigenvalue weighted by atomic mass is 10.1. The normalized spacial score (nSPS) is 17.5. The number of carbonyl (C=O) groups excluding carboxylic acids is 1. The number of quaternary nitrogens is 1. The van der Waals surface area contributed by atoms with Gasteiger partial charge in [0, 0.05) is 0 Å². The predicted molar refractivity (Wildman–Crippen MR) is 38.5 cm³/mol. The molecule has 0 aliphatic carbocycles. The van der Waals surface area contributed by atoms with E-state index in [1.807, 2.05) is 0 Å². The Labute approximate surface area is 66.6 Å². The van der Waals surface area contributed by atoms with Gasteiger partial charge in [0.05, 0.1) is 21.1 Å². The zero-order valence-corrected chi connectivity index (χ0v) is 7.37. The molecule has 1 unspecified atom stereocenters. The van der Waals surface area contributed by atoms with Crippen molar-refractivity contribution in [2.45, 2.75) is 19.1 Å². The zero-order valence-electron chi connectivity index (χ0n) is 7.37. The molecule has 0 aliphatic heterocycles. The number of rotatable bonds is 3. The van der Waals surface area contributed by atoms with Gasteiger partial charge in [0.1, 0.15) is 12.1 Å². The van der Waals surface area contributed by atoms with Gasteiger partial charge in [0.15, 0.2) is 6.04 Å². The summed E-state index contributed by atoms with van der Waals surface area (Å²) < 4.78 is 0.167. The quantitative estimate of drug-likeness (QED) is 0.496. The average molecular weight is 161 g/mol. The van der Waals surface area contributed by atoms with Gasteiger partial charge >= 0.3 is 0 Å². The third-order valence-electron chi connectivity index (χ3n) is 1.53. The molecule has 0 spiro atoms. The molecule has 2 atom stereocenters. The standard InChI is InChI=1S/C7H15NO3/c1-5(9)6(7(10)11)8(2,3)4/h5-6,9H,1-4H3/t5-,6?/m0/s1. The van der Waals surface area contributed by atoms with Crippen molar-refractivity contribution in [1.82, 2.24) is 0 Å². The lowest BCUT2D eigenvalue weighted by molar-refractivity contribution is -0.892. The molecule has 1 N–H and O–H groups in total. The SMILES string of the molecule is C[C@H](O)C(C(=O)[O-])[N+](C)(C)C. The second-order valence-corrected chi connectivity index (χ2v) is 3.62. The number of carboxylic acids is 1. The number of aliphatic hydroxyl groups excluding tert-OH is 1. The molecule has 11 heavy (non-hydrogen) atoms. The van der Waals surface area contributed by atoms with Crippen molar-refractivity contribution in [1.29, 1.82) is 0 Å². The van der Waals surface area contributed by atoms with Gasteiger partial charge in [-0.1, -0.05) is 0 Å². The number of carbonyl (C=O) groups is 1. The summed E-state index contributed by atoms with van der Waals surface area (Å²) in [5.74, 6) is -1.22. The molecule has 0 fully saturated rings. The summed E-state index contributed by atoms with van der Waals surface area (Å²) in [6, 6.07) is -0.866. The Hall–Kier alpha value is -0.610. The van der Waals surface area contributed by atoms with Gasteiger partial charge in [-0.05, 0) is 6.92 Å².